The second-order valence-electron chi connectivity index (χ2n) is 19.0. The Morgan fingerprint density at radius 3 is 0.985 bits per heavy atom. The Morgan fingerprint density at radius 1 is 0.364 bits per heavy atom. The number of carbonyl (C=O) groups excluding carboxylic acids is 3. The zero-order chi connectivity index (χ0) is 48.4. The highest BCUT2D eigenvalue weighted by Gasteiger charge is 2.19. The van der Waals surface area contributed by atoms with E-state index in [9.17, 15) is 29.7 Å². The van der Waals surface area contributed by atoms with E-state index >= 15 is 0 Å². The van der Waals surface area contributed by atoms with Gasteiger partial charge in [0.05, 0.1) is 18.3 Å². The van der Waals surface area contributed by atoms with Gasteiger partial charge >= 0.3 is 17.9 Å². The van der Waals surface area contributed by atoms with Gasteiger partial charge in [-0.2, -0.15) is 0 Å². The third-order valence-corrected chi connectivity index (χ3v) is 12.3. The molecule has 0 aliphatic rings. The summed E-state index contributed by atoms with van der Waals surface area (Å²) in [6.45, 7) is 6.33. The summed E-state index contributed by atoms with van der Waals surface area (Å²) in [5, 5.41) is 30.4. The molecule has 0 spiro atoms. The number of hydrogen-bond acceptors (Lipinski definition) is 9. The minimum Gasteiger partial charge on any atom is -0.462 e. The first kappa shape index (κ1) is 63.5. The Balaban J connectivity index is 4.51. The molecule has 0 aliphatic carbocycles. The molecule has 0 aliphatic heterocycles. The van der Waals surface area contributed by atoms with Crippen LogP contribution in [0.3, 0.4) is 0 Å². The molecule has 3 N–H and O–H groups in total. The van der Waals surface area contributed by atoms with Gasteiger partial charge in [-0.15, -0.1) is 0 Å². The van der Waals surface area contributed by atoms with Gasteiger partial charge in [0.15, 0.2) is 6.10 Å². The maximum atomic E-state index is 12.8. The van der Waals surface area contributed by atoms with Crippen molar-refractivity contribution < 1.29 is 43.9 Å². The van der Waals surface area contributed by atoms with Crippen LogP contribution in [0.25, 0.3) is 0 Å². The molecule has 3 atom stereocenters. The third kappa shape index (κ3) is 48.0. The van der Waals surface area contributed by atoms with Crippen LogP contribution in [0.15, 0.2) is 36.5 Å². The SMILES string of the molecule is CCCCCC[C@H](O)C/C=C/CCCCCCCC(=O)OCC(COC(=O)CCCCCCC/C=C/C[C@@H](O)CCCCCC)OC(=O)CCCCCCC/C=C/C[C@H](O)CCCCCC. The van der Waals surface area contributed by atoms with Gasteiger partial charge in [0, 0.05) is 19.3 Å². The largest absolute Gasteiger partial charge is 0.462 e. The van der Waals surface area contributed by atoms with Gasteiger partial charge in [-0.3, -0.25) is 14.4 Å². The molecule has 0 aromatic carbocycles. The van der Waals surface area contributed by atoms with Crippen molar-refractivity contribution in [3.63, 3.8) is 0 Å². The van der Waals surface area contributed by atoms with Gasteiger partial charge < -0.3 is 29.5 Å². The fraction of sp³-hybridized carbons (Fsp3) is 0.842. The van der Waals surface area contributed by atoms with Crippen LogP contribution in [0, 0.1) is 0 Å². The number of unbranched alkanes of at least 4 members (excludes halogenated alkanes) is 24. The Kier molecular flexibility index (Phi) is 48.5. The van der Waals surface area contributed by atoms with Gasteiger partial charge in [0.1, 0.15) is 13.2 Å². The zero-order valence-electron chi connectivity index (χ0n) is 43.1. The van der Waals surface area contributed by atoms with E-state index in [2.05, 4.69) is 57.2 Å². The van der Waals surface area contributed by atoms with Crippen molar-refractivity contribution in [3.05, 3.63) is 36.5 Å². The van der Waals surface area contributed by atoms with Crippen LogP contribution in [-0.2, 0) is 28.6 Å². The average Bonchev–Trinajstić information content (AvgIpc) is 3.30. The minimum absolute atomic E-state index is 0.132. The quantitative estimate of drug-likeness (QED) is 0.0235. The van der Waals surface area contributed by atoms with Crippen molar-refractivity contribution in [2.24, 2.45) is 0 Å². The van der Waals surface area contributed by atoms with E-state index < -0.39 is 6.10 Å². The Bertz CT molecular complexity index is 1110. The Hall–Kier alpha value is -2.49. The number of aliphatic hydroxyl groups is 3. The topological polar surface area (TPSA) is 140 Å². The first-order valence-corrected chi connectivity index (χ1v) is 27.7. The fourth-order valence-electron chi connectivity index (χ4n) is 7.95. The smallest absolute Gasteiger partial charge is 0.306 e. The lowest BCUT2D eigenvalue weighted by atomic mass is 10.1. The van der Waals surface area contributed by atoms with Crippen molar-refractivity contribution >= 4 is 17.9 Å². The number of ether oxygens (including phenoxy) is 3. The molecule has 66 heavy (non-hydrogen) atoms. The lowest BCUT2D eigenvalue weighted by Gasteiger charge is -2.18. The lowest BCUT2D eigenvalue weighted by Crippen LogP contribution is -2.30. The summed E-state index contributed by atoms with van der Waals surface area (Å²) < 4.78 is 16.7. The molecule has 0 aromatic rings. The summed E-state index contributed by atoms with van der Waals surface area (Å²) in [6.07, 6.45) is 48.9. The second-order valence-corrected chi connectivity index (χ2v) is 19.0. The molecular weight excluding hydrogens is 829 g/mol. The van der Waals surface area contributed by atoms with Crippen LogP contribution in [0.5, 0.6) is 0 Å². The maximum absolute atomic E-state index is 12.8. The standard InChI is InChI=1S/C57H104O9/c1-4-7-10-31-40-51(58)43-34-25-19-13-16-22-28-37-46-55(61)64-49-54(66-57(63)48-39-30-24-18-15-21-27-36-45-53(60)42-33-12-9-6-3)50-65-56(62)47-38-29-23-17-14-20-26-35-44-52(59)41-32-11-8-5-2/h25-27,34-36,51-54,58-60H,4-24,28-33,37-50H2,1-3H3/b34-25+,35-26+,36-27+/t51-,52-,53+/m0/s1. The van der Waals surface area contributed by atoms with Crippen molar-refractivity contribution in [1.82, 2.24) is 0 Å². The predicted octanol–water partition coefficient (Wildman–Crippen LogP) is 15.0. The number of aliphatic hydroxyl groups excluding tert-OH is 3. The zero-order valence-corrected chi connectivity index (χ0v) is 43.1. The van der Waals surface area contributed by atoms with Gasteiger partial charge in [-0.1, -0.05) is 192 Å². The van der Waals surface area contributed by atoms with Gasteiger partial charge in [0.2, 0.25) is 0 Å². The van der Waals surface area contributed by atoms with E-state index in [-0.39, 0.29) is 55.9 Å². The van der Waals surface area contributed by atoms with Crippen molar-refractivity contribution in [2.45, 2.75) is 296 Å². The summed E-state index contributed by atoms with van der Waals surface area (Å²) in [7, 11) is 0. The van der Waals surface area contributed by atoms with Gasteiger partial charge in [0.25, 0.3) is 0 Å². The minimum atomic E-state index is -0.836. The summed E-state index contributed by atoms with van der Waals surface area (Å²) in [5.41, 5.74) is 0. The highest BCUT2D eigenvalue weighted by Crippen LogP contribution is 2.15. The van der Waals surface area contributed by atoms with E-state index in [1.165, 1.54) is 57.8 Å². The van der Waals surface area contributed by atoms with Crippen molar-refractivity contribution in [2.75, 3.05) is 13.2 Å². The molecule has 9 nitrogen and oxygen atoms in total. The van der Waals surface area contributed by atoms with E-state index in [1.54, 1.807) is 0 Å². The number of esters is 3. The Morgan fingerprint density at radius 2 is 0.652 bits per heavy atom. The highest BCUT2D eigenvalue weighted by atomic mass is 16.6. The van der Waals surface area contributed by atoms with Crippen molar-refractivity contribution in [3.8, 4) is 0 Å². The molecule has 0 amide bonds. The maximum Gasteiger partial charge on any atom is 0.306 e. The molecule has 0 radical (unpaired) electrons. The van der Waals surface area contributed by atoms with Crippen LogP contribution in [0.2, 0.25) is 0 Å². The van der Waals surface area contributed by atoms with E-state index in [1.807, 2.05) is 0 Å². The summed E-state index contributed by atoms with van der Waals surface area (Å²) in [6, 6.07) is 0. The monoisotopic (exact) mass is 933 g/mol. The molecule has 386 valence electrons. The van der Waals surface area contributed by atoms with E-state index in [4.69, 9.17) is 14.2 Å². The average molecular weight is 933 g/mol. The van der Waals surface area contributed by atoms with Crippen LogP contribution in [0.1, 0.15) is 271 Å². The van der Waals surface area contributed by atoms with Gasteiger partial charge in [-0.25, -0.2) is 0 Å². The van der Waals surface area contributed by atoms with Crippen LogP contribution >= 0.6 is 0 Å². The van der Waals surface area contributed by atoms with Gasteiger partial charge in [-0.05, 0) is 96.3 Å². The molecule has 0 rings (SSSR count). The molecule has 0 unspecified atom stereocenters. The van der Waals surface area contributed by atoms with Crippen molar-refractivity contribution in [1.29, 1.82) is 0 Å². The number of carbonyl (C=O) groups is 3. The second kappa shape index (κ2) is 50.4. The Labute approximate surface area is 405 Å². The molecular formula is C57H104O9. The normalized spacial score (nSPS) is 13.3. The first-order chi connectivity index (χ1) is 32.2. The van der Waals surface area contributed by atoms with Crippen LogP contribution < -0.4 is 0 Å². The molecule has 0 saturated carbocycles. The molecule has 0 saturated heterocycles. The molecule has 0 fully saturated rings. The molecule has 0 bridgehead atoms. The summed E-state index contributed by atoms with van der Waals surface area (Å²) in [4.78, 5) is 38.1. The van der Waals surface area contributed by atoms with Crippen LogP contribution in [0.4, 0.5) is 0 Å². The first-order valence-electron chi connectivity index (χ1n) is 27.7. The molecule has 9 heteroatoms. The molecule has 0 aromatic heterocycles. The predicted molar refractivity (Wildman–Crippen MR) is 274 cm³/mol. The highest BCUT2D eigenvalue weighted by molar-refractivity contribution is 5.71. The lowest BCUT2D eigenvalue weighted by molar-refractivity contribution is -0.167. The number of hydrogen-bond donors (Lipinski definition) is 3. The summed E-state index contributed by atoms with van der Waals surface area (Å²) in [5.74, 6) is -1.04. The van der Waals surface area contributed by atoms with E-state index in [0.29, 0.717) is 19.3 Å². The van der Waals surface area contributed by atoms with E-state index in [0.717, 1.165) is 167 Å². The fourth-order valence-corrected chi connectivity index (χ4v) is 7.95. The molecule has 0 heterocycles. The van der Waals surface area contributed by atoms with Crippen LogP contribution in [-0.4, -0.2) is 70.9 Å². The third-order valence-electron chi connectivity index (χ3n) is 12.3. The summed E-state index contributed by atoms with van der Waals surface area (Å²) >= 11 is 0. The number of allylic oxidation sites excluding steroid dienone is 3. The number of rotatable bonds is 50.